The topological polar surface area (TPSA) is 65.7 Å². The maximum atomic E-state index is 5.20. The van der Waals surface area contributed by atoms with Gasteiger partial charge in [-0.05, 0) is 53.8 Å². The zero-order chi connectivity index (χ0) is 22.5. The van der Waals surface area contributed by atoms with E-state index in [2.05, 4.69) is 32.6 Å². The Kier molecular flexibility index (Phi) is 6.45. The number of hydrogen-bond donors (Lipinski definition) is 0. The molecule has 0 saturated heterocycles. The second kappa shape index (κ2) is 9.97. The smallest absolute Gasteiger partial charge is 0.204 e. The first-order valence-corrected chi connectivity index (χ1v) is 12.1. The third kappa shape index (κ3) is 5.29. The molecule has 6 nitrogen and oxygen atoms in total. The van der Waals surface area contributed by atoms with Crippen molar-refractivity contribution in [3.8, 4) is 29.0 Å². The standard InChI is InChI=1S/C26H25N5OS/c1-32-23-13-10-20(11-14-23)17-31-29-26(28-30-31)22-9-5-6-19(16-22)12-15-25-27-24(18-33-25)21-7-3-2-4-8-21/h5-6,9-11,13-14,16,18,21H,2-4,7-8,17H2,1H3. The Labute approximate surface area is 197 Å². The summed E-state index contributed by atoms with van der Waals surface area (Å²) >= 11 is 1.64. The highest BCUT2D eigenvalue weighted by Crippen LogP contribution is 2.32. The number of benzene rings is 2. The first-order chi connectivity index (χ1) is 16.3. The van der Waals surface area contributed by atoms with Crippen molar-refractivity contribution in [2.75, 3.05) is 7.11 Å². The van der Waals surface area contributed by atoms with Gasteiger partial charge >= 0.3 is 0 Å². The molecule has 0 bridgehead atoms. The van der Waals surface area contributed by atoms with Gasteiger partial charge in [0.1, 0.15) is 5.75 Å². The van der Waals surface area contributed by atoms with Gasteiger partial charge in [-0.3, -0.25) is 0 Å². The molecule has 0 amide bonds. The van der Waals surface area contributed by atoms with Crippen LogP contribution in [-0.2, 0) is 6.54 Å². The van der Waals surface area contributed by atoms with Crippen molar-refractivity contribution in [1.82, 2.24) is 25.2 Å². The van der Waals surface area contributed by atoms with Crippen LogP contribution in [0.15, 0.2) is 53.9 Å². The Morgan fingerprint density at radius 3 is 2.73 bits per heavy atom. The molecule has 166 valence electrons. The lowest BCUT2D eigenvalue weighted by Gasteiger charge is -2.19. The average molecular weight is 456 g/mol. The van der Waals surface area contributed by atoms with Crippen molar-refractivity contribution in [3.63, 3.8) is 0 Å². The van der Waals surface area contributed by atoms with Crippen LogP contribution in [0.5, 0.6) is 5.75 Å². The van der Waals surface area contributed by atoms with E-state index in [0.717, 1.165) is 27.4 Å². The molecular formula is C26H25N5OS. The van der Waals surface area contributed by atoms with E-state index >= 15 is 0 Å². The van der Waals surface area contributed by atoms with Gasteiger partial charge in [-0.15, -0.1) is 21.5 Å². The molecule has 1 aliphatic rings. The minimum absolute atomic E-state index is 0.546. The monoisotopic (exact) mass is 455 g/mol. The number of rotatable bonds is 5. The minimum Gasteiger partial charge on any atom is -0.497 e. The van der Waals surface area contributed by atoms with Crippen LogP contribution in [0.1, 0.15) is 59.9 Å². The Hall–Kier alpha value is -3.50. The molecule has 0 aliphatic heterocycles. The summed E-state index contributed by atoms with van der Waals surface area (Å²) in [7, 11) is 1.66. The summed E-state index contributed by atoms with van der Waals surface area (Å²) in [5, 5.41) is 16.0. The maximum Gasteiger partial charge on any atom is 0.204 e. The highest BCUT2D eigenvalue weighted by Gasteiger charge is 2.17. The van der Waals surface area contributed by atoms with E-state index in [9.17, 15) is 0 Å². The van der Waals surface area contributed by atoms with E-state index in [0.29, 0.717) is 18.3 Å². The van der Waals surface area contributed by atoms with Crippen LogP contribution in [0.4, 0.5) is 0 Å². The summed E-state index contributed by atoms with van der Waals surface area (Å²) in [5.41, 5.74) is 4.10. The molecule has 0 N–H and O–H groups in total. The molecule has 2 heterocycles. The number of ether oxygens (including phenoxy) is 1. The van der Waals surface area contributed by atoms with E-state index in [-0.39, 0.29) is 0 Å². The molecule has 7 heteroatoms. The number of nitrogens with zero attached hydrogens (tertiary/aromatic N) is 5. The van der Waals surface area contributed by atoms with Crippen molar-refractivity contribution in [3.05, 3.63) is 75.7 Å². The lowest BCUT2D eigenvalue weighted by molar-refractivity contribution is 0.414. The summed E-state index contributed by atoms with van der Waals surface area (Å²) in [6.45, 7) is 0.546. The highest BCUT2D eigenvalue weighted by atomic mass is 32.1. The van der Waals surface area contributed by atoms with Gasteiger partial charge in [0.25, 0.3) is 0 Å². The summed E-state index contributed by atoms with van der Waals surface area (Å²) in [6.07, 6.45) is 6.49. The molecular weight excluding hydrogens is 430 g/mol. The van der Waals surface area contributed by atoms with Crippen LogP contribution >= 0.6 is 11.3 Å². The van der Waals surface area contributed by atoms with Gasteiger partial charge in [-0.1, -0.05) is 49.4 Å². The van der Waals surface area contributed by atoms with Gasteiger partial charge in [-0.25, -0.2) is 4.98 Å². The summed E-state index contributed by atoms with van der Waals surface area (Å²) in [6, 6.07) is 15.8. The van der Waals surface area contributed by atoms with Crippen molar-refractivity contribution in [2.24, 2.45) is 0 Å². The molecule has 2 aromatic heterocycles. The van der Waals surface area contributed by atoms with E-state index in [1.165, 1.54) is 37.8 Å². The first kappa shape index (κ1) is 21.4. The molecule has 4 aromatic rings. The quantitative estimate of drug-likeness (QED) is 0.382. The minimum atomic E-state index is 0.546. The molecule has 0 unspecified atom stereocenters. The van der Waals surface area contributed by atoms with Crippen LogP contribution in [0.3, 0.4) is 0 Å². The molecule has 1 saturated carbocycles. The fraction of sp³-hybridized carbons (Fsp3) is 0.308. The zero-order valence-corrected chi connectivity index (χ0v) is 19.4. The van der Waals surface area contributed by atoms with E-state index in [4.69, 9.17) is 9.72 Å². The fourth-order valence-electron chi connectivity index (χ4n) is 4.11. The van der Waals surface area contributed by atoms with E-state index in [1.54, 1.807) is 23.2 Å². The lowest BCUT2D eigenvalue weighted by Crippen LogP contribution is -2.04. The summed E-state index contributed by atoms with van der Waals surface area (Å²) in [5.74, 6) is 8.50. The van der Waals surface area contributed by atoms with Gasteiger partial charge < -0.3 is 4.74 Å². The highest BCUT2D eigenvalue weighted by molar-refractivity contribution is 7.10. The largest absolute Gasteiger partial charge is 0.497 e. The third-order valence-electron chi connectivity index (χ3n) is 5.92. The summed E-state index contributed by atoms with van der Waals surface area (Å²) < 4.78 is 5.20. The Balaban J connectivity index is 1.28. The number of thiazole rings is 1. The number of hydrogen-bond acceptors (Lipinski definition) is 6. The van der Waals surface area contributed by atoms with Gasteiger partial charge in [0, 0.05) is 22.4 Å². The fourth-order valence-corrected chi connectivity index (χ4v) is 4.86. The van der Waals surface area contributed by atoms with Crippen molar-refractivity contribution < 1.29 is 4.74 Å². The lowest BCUT2D eigenvalue weighted by atomic mass is 9.87. The Morgan fingerprint density at radius 2 is 1.91 bits per heavy atom. The van der Waals surface area contributed by atoms with Gasteiger partial charge in [-0.2, -0.15) is 4.80 Å². The second-order valence-electron chi connectivity index (χ2n) is 8.23. The SMILES string of the molecule is COc1ccc(Cn2nnc(-c3cccc(C#Cc4nc(C5CCCCC5)cs4)c3)n2)cc1. The van der Waals surface area contributed by atoms with Crippen LogP contribution in [0.2, 0.25) is 0 Å². The second-order valence-corrected chi connectivity index (χ2v) is 9.09. The maximum absolute atomic E-state index is 5.20. The van der Waals surface area contributed by atoms with Gasteiger partial charge in [0.05, 0.1) is 19.3 Å². The number of methoxy groups -OCH3 is 1. The molecule has 2 aromatic carbocycles. The molecule has 1 fully saturated rings. The van der Waals surface area contributed by atoms with E-state index < -0.39 is 0 Å². The third-order valence-corrected chi connectivity index (χ3v) is 6.69. The van der Waals surface area contributed by atoms with Crippen LogP contribution in [0.25, 0.3) is 11.4 Å². The van der Waals surface area contributed by atoms with Crippen molar-refractivity contribution in [2.45, 2.75) is 44.6 Å². The Morgan fingerprint density at radius 1 is 1.06 bits per heavy atom. The van der Waals surface area contributed by atoms with Gasteiger partial charge in [0.15, 0.2) is 5.01 Å². The molecule has 0 atom stereocenters. The molecule has 0 spiro atoms. The molecule has 33 heavy (non-hydrogen) atoms. The normalized spacial score (nSPS) is 14.0. The average Bonchev–Trinajstić information content (AvgIpc) is 3.54. The zero-order valence-electron chi connectivity index (χ0n) is 18.6. The first-order valence-electron chi connectivity index (χ1n) is 11.3. The number of tetrazole rings is 1. The van der Waals surface area contributed by atoms with Crippen LogP contribution in [0, 0.1) is 11.8 Å². The Bertz CT molecular complexity index is 1280. The molecule has 0 radical (unpaired) electrons. The van der Waals surface area contributed by atoms with Crippen molar-refractivity contribution in [1.29, 1.82) is 0 Å². The molecule has 5 rings (SSSR count). The van der Waals surface area contributed by atoms with Gasteiger partial charge in [0.2, 0.25) is 5.82 Å². The summed E-state index contributed by atoms with van der Waals surface area (Å²) in [4.78, 5) is 6.38. The predicted molar refractivity (Wildman–Crippen MR) is 129 cm³/mol. The number of aromatic nitrogens is 5. The van der Waals surface area contributed by atoms with Crippen molar-refractivity contribution >= 4 is 11.3 Å². The van der Waals surface area contributed by atoms with E-state index in [1.807, 2.05) is 48.5 Å². The molecule has 1 aliphatic carbocycles. The van der Waals surface area contributed by atoms with Crippen LogP contribution < -0.4 is 4.74 Å². The van der Waals surface area contributed by atoms with Crippen LogP contribution in [-0.4, -0.2) is 32.3 Å². The predicted octanol–water partition coefficient (Wildman–Crippen LogP) is 5.30.